The molecule has 0 saturated carbocycles. The van der Waals surface area contributed by atoms with Gasteiger partial charge in [0.1, 0.15) is 0 Å². The van der Waals surface area contributed by atoms with Crippen LogP contribution in [0.2, 0.25) is 0 Å². The fourth-order valence-electron chi connectivity index (χ4n) is 3.96. The Balaban J connectivity index is 2.15. The van der Waals surface area contributed by atoms with E-state index in [1.54, 1.807) is 0 Å². The van der Waals surface area contributed by atoms with E-state index in [1.807, 2.05) is 0 Å². The molecule has 2 nitrogen and oxygen atoms in total. The first-order chi connectivity index (χ1) is 14.3. The number of nitrogens with zero attached hydrogens (tertiary/aromatic N) is 2. The number of anilines is 2. The van der Waals surface area contributed by atoms with Gasteiger partial charge < -0.3 is 9.80 Å². The lowest BCUT2D eigenvalue weighted by molar-refractivity contribution is 0.851. The Morgan fingerprint density at radius 2 is 1.03 bits per heavy atom. The van der Waals surface area contributed by atoms with Crippen LogP contribution in [0.5, 0.6) is 0 Å². The van der Waals surface area contributed by atoms with E-state index in [2.05, 4.69) is 125 Å². The molecule has 0 unspecified atom stereocenters. The van der Waals surface area contributed by atoms with E-state index < -0.39 is 0 Å². The Kier molecular flexibility index (Phi) is 6.87. The largest absolute Gasteiger partial charge is 0.378 e. The first kappa shape index (κ1) is 22.0. The van der Waals surface area contributed by atoms with Crippen LogP contribution in [0, 0.1) is 0 Å². The van der Waals surface area contributed by atoms with Gasteiger partial charge in [-0.3, -0.25) is 0 Å². The van der Waals surface area contributed by atoms with Gasteiger partial charge in [-0.05, 0) is 64.4 Å². The topological polar surface area (TPSA) is 6.48 Å². The van der Waals surface area contributed by atoms with E-state index in [9.17, 15) is 0 Å². The highest BCUT2D eigenvalue weighted by Crippen LogP contribution is 2.35. The molecular weight excluding hydrogens is 364 g/mol. The van der Waals surface area contributed by atoms with E-state index in [4.69, 9.17) is 0 Å². The smallest absolute Gasteiger partial charge is 0.0361 e. The van der Waals surface area contributed by atoms with Crippen molar-refractivity contribution >= 4 is 11.4 Å². The lowest BCUT2D eigenvalue weighted by Crippen LogP contribution is -2.10. The summed E-state index contributed by atoms with van der Waals surface area (Å²) in [6.07, 6.45) is 1.05. The third kappa shape index (κ3) is 4.87. The number of rotatable bonds is 7. The second-order valence-electron chi connectivity index (χ2n) is 8.92. The first-order valence-electron chi connectivity index (χ1n) is 11.0. The zero-order chi connectivity index (χ0) is 21.8. The summed E-state index contributed by atoms with van der Waals surface area (Å²) in [6.45, 7) is 6.81. The summed E-state index contributed by atoms with van der Waals surface area (Å²) in [5, 5.41) is 0. The molecule has 0 radical (unpaired) electrons. The Hall–Kier alpha value is -2.74. The Morgan fingerprint density at radius 1 is 0.600 bits per heavy atom. The van der Waals surface area contributed by atoms with Crippen LogP contribution in [0.3, 0.4) is 0 Å². The number of hydrogen-bond donors (Lipinski definition) is 0. The predicted molar refractivity (Wildman–Crippen MR) is 132 cm³/mol. The average Bonchev–Trinajstić information content (AvgIpc) is 2.74. The molecule has 0 aliphatic carbocycles. The molecule has 0 amide bonds. The van der Waals surface area contributed by atoms with Gasteiger partial charge in [-0.1, -0.05) is 63.2 Å². The van der Waals surface area contributed by atoms with Crippen molar-refractivity contribution in [2.24, 2.45) is 0 Å². The molecule has 0 fully saturated rings. The molecule has 3 aromatic carbocycles. The van der Waals surface area contributed by atoms with Gasteiger partial charge in [-0.15, -0.1) is 0 Å². The van der Waals surface area contributed by atoms with Gasteiger partial charge in [0.15, 0.2) is 0 Å². The summed E-state index contributed by atoms with van der Waals surface area (Å²) in [5.41, 5.74) is 9.34. The summed E-state index contributed by atoms with van der Waals surface area (Å²) in [6, 6.07) is 25.2. The van der Waals surface area contributed by atoms with E-state index >= 15 is 0 Å². The molecule has 30 heavy (non-hydrogen) atoms. The van der Waals surface area contributed by atoms with Gasteiger partial charge in [-0.2, -0.15) is 0 Å². The molecule has 0 aliphatic rings. The minimum atomic E-state index is 0.224. The van der Waals surface area contributed by atoms with Crippen LogP contribution >= 0.6 is 0 Å². The fourth-order valence-corrected chi connectivity index (χ4v) is 3.96. The van der Waals surface area contributed by atoms with E-state index in [0.29, 0.717) is 5.92 Å². The van der Waals surface area contributed by atoms with Crippen molar-refractivity contribution in [1.29, 1.82) is 0 Å². The molecule has 2 heteroatoms. The van der Waals surface area contributed by atoms with Crippen molar-refractivity contribution in [3.05, 3.63) is 94.5 Å². The van der Waals surface area contributed by atoms with Gasteiger partial charge in [-0.25, -0.2) is 0 Å². The van der Waals surface area contributed by atoms with Crippen molar-refractivity contribution in [2.75, 3.05) is 38.0 Å². The lowest BCUT2D eigenvalue weighted by atomic mass is 9.82. The third-order valence-electron chi connectivity index (χ3n) is 5.93. The molecule has 158 valence electrons. The molecule has 3 rings (SSSR count). The van der Waals surface area contributed by atoms with Gasteiger partial charge in [0.2, 0.25) is 0 Å². The molecular formula is C28H36N2. The van der Waals surface area contributed by atoms with Gasteiger partial charge in [0.05, 0.1) is 0 Å². The van der Waals surface area contributed by atoms with Crippen molar-refractivity contribution in [3.8, 4) is 0 Å². The van der Waals surface area contributed by atoms with E-state index in [-0.39, 0.29) is 5.92 Å². The average molecular weight is 401 g/mol. The highest BCUT2D eigenvalue weighted by molar-refractivity contribution is 5.54. The van der Waals surface area contributed by atoms with Crippen molar-refractivity contribution in [3.63, 3.8) is 0 Å². The monoisotopic (exact) mass is 400 g/mol. The van der Waals surface area contributed by atoms with Crippen molar-refractivity contribution in [2.45, 2.75) is 39.0 Å². The van der Waals surface area contributed by atoms with Crippen LogP contribution in [0.1, 0.15) is 60.4 Å². The second kappa shape index (κ2) is 9.38. The zero-order valence-electron chi connectivity index (χ0n) is 19.6. The highest BCUT2D eigenvalue weighted by Gasteiger charge is 2.19. The van der Waals surface area contributed by atoms with Crippen LogP contribution in [-0.2, 0) is 6.42 Å². The molecule has 0 bridgehead atoms. The van der Waals surface area contributed by atoms with E-state index in [0.717, 1.165) is 6.42 Å². The van der Waals surface area contributed by atoms with Crippen LogP contribution in [-0.4, -0.2) is 28.2 Å². The number of aryl methyl sites for hydroxylation is 1. The first-order valence-corrected chi connectivity index (χ1v) is 11.0. The quantitative estimate of drug-likeness (QED) is 0.408. The molecule has 0 N–H and O–H groups in total. The van der Waals surface area contributed by atoms with Crippen LogP contribution in [0.25, 0.3) is 0 Å². The number of benzene rings is 3. The molecule has 0 spiro atoms. The normalized spacial score (nSPS) is 11.2. The van der Waals surface area contributed by atoms with Crippen molar-refractivity contribution in [1.82, 2.24) is 0 Å². The summed E-state index contributed by atoms with van der Waals surface area (Å²) in [5.74, 6) is 0.740. The maximum absolute atomic E-state index is 2.41. The van der Waals surface area contributed by atoms with Crippen molar-refractivity contribution < 1.29 is 0 Å². The number of hydrogen-bond acceptors (Lipinski definition) is 2. The van der Waals surface area contributed by atoms with Gasteiger partial charge in [0, 0.05) is 45.5 Å². The fraction of sp³-hybridized carbons (Fsp3) is 0.357. The van der Waals surface area contributed by atoms with E-state index in [1.165, 1.54) is 39.2 Å². The standard InChI is InChI=1S/C28H36N2/c1-8-21-17-24(20(2)3)19-25(18-21)28(22-9-13-26(14-10-22)29(4)5)23-11-15-27(16-12-23)30(6)7/h9-20,28H,8H2,1-7H3. The Labute approximate surface area is 183 Å². The minimum absolute atomic E-state index is 0.224. The molecule has 0 atom stereocenters. The summed E-state index contributed by atoms with van der Waals surface area (Å²) >= 11 is 0. The van der Waals surface area contributed by atoms with Gasteiger partial charge >= 0.3 is 0 Å². The maximum atomic E-state index is 2.41. The molecule has 3 aromatic rings. The summed E-state index contributed by atoms with van der Waals surface area (Å²) in [4.78, 5) is 4.30. The molecule has 0 aromatic heterocycles. The van der Waals surface area contributed by atoms with Crippen LogP contribution in [0.15, 0.2) is 66.7 Å². The lowest BCUT2D eigenvalue weighted by Gasteiger charge is -2.23. The Morgan fingerprint density at radius 3 is 1.40 bits per heavy atom. The minimum Gasteiger partial charge on any atom is -0.378 e. The van der Waals surface area contributed by atoms with Gasteiger partial charge in [0.25, 0.3) is 0 Å². The SMILES string of the molecule is CCc1cc(C(C)C)cc(C(c2ccc(N(C)C)cc2)c2ccc(N(C)C)cc2)c1. The predicted octanol–water partition coefficient (Wildman–Crippen LogP) is 6.68. The second-order valence-corrected chi connectivity index (χ2v) is 8.92. The molecule has 0 heterocycles. The van der Waals surface area contributed by atoms with Crippen LogP contribution in [0.4, 0.5) is 11.4 Å². The maximum Gasteiger partial charge on any atom is 0.0361 e. The zero-order valence-corrected chi connectivity index (χ0v) is 19.6. The Bertz CT molecular complexity index is 899. The third-order valence-corrected chi connectivity index (χ3v) is 5.93. The molecule has 0 aliphatic heterocycles. The van der Waals surface area contributed by atoms with Crippen LogP contribution < -0.4 is 9.80 Å². The summed E-state index contributed by atoms with van der Waals surface area (Å²) < 4.78 is 0. The molecule has 0 saturated heterocycles. The summed E-state index contributed by atoms with van der Waals surface area (Å²) in [7, 11) is 8.36. The highest BCUT2D eigenvalue weighted by atomic mass is 15.1.